The lowest BCUT2D eigenvalue weighted by molar-refractivity contribution is -0.148. The SMILES string of the molecule is CCOC(=O)C1n2c(c(C(=O)OCc3ccccc3)ccc2=O)SC1(C)C. The number of aromatic nitrogens is 1. The fraction of sp³-hybridized carbons (Fsp3) is 0.350. The minimum absolute atomic E-state index is 0.133. The topological polar surface area (TPSA) is 74.6 Å². The number of nitrogens with zero attached hydrogens (tertiary/aromatic N) is 1. The van der Waals surface area contributed by atoms with Crippen LogP contribution in [0.2, 0.25) is 0 Å². The van der Waals surface area contributed by atoms with Crippen molar-refractivity contribution in [1.82, 2.24) is 4.57 Å². The molecule has 0 saturated heterocycles. The fourth-order valence-corrected chi connectivity index (χ4v) is 4.43. The van der Waals surface area contributed by atoms with Crippen molar-refractivity contribution in [2.45, 2.75) is 43.2 Å². The zero-order valence-corrected chi connectivity index (χ0v) is 16.2. The van der Waals surface area contributed by atoms with Crippen molar-refractivity contribution >= 4 is 23.7 Å². The van der Waals surface area contributed by atoms with E-state index in [1.54, 1.807) is 6.92 Å². The number of benzene rings is 1. The predicted octanol–water partition coefficient (Wildman–Crippen LogP) is 3.19. The summed E-state index contributed by atoms with van der Waals surface area (Å²) < 4.78 is 11.3. The van der Waals surface area contributed by atoms with Gasteiger partial charge in [0, 0.05) is 10.8 Å². The normalized spacial score (nSPS) is 17.2. The highest BCUT2D eigenvalue weighted by molar-refractivity contribution is 8.01. The number of esters is 2. The minimum atomic E-state index is -0.799. The van der Waals surface area contributed by atoms with Crippen LogP contribution in [-0.2, 0) is 20.9 Å². The van der Waals surface area contributed by atoms with Crippen LogP contribution in [0.15, 0.2) is 52.3 Å². The van der Waals surface area contributed by atoms with E-state index in [1.807, 2.05) is 44.2 Å². The molecule has 7 heteroatoms. The molecule has 1 atom stereocenters. The highest BCUT2D eigenvalue weighted by Gasteiger charge is 2.47. The maximum absolute atomic E-state index is 12.6. The number of thioether (sulfide) groups is 1. The average Bonchev–Trinajstić information content (AvgIpc) is 2.92. The monoisotopic (exact) mass is 387 g/mol. The van der Waals surface area contributed by atoms with Crippen molar-refractivity contribution in [3.63, 3.8) is 0 Å². The van der Waals surface area contributed by atoms with Gasteiger partial charge in [-0.05, 0) is 32.4 Å². The molecule has 0 N–H and O–H groups in total. The van der Waals surface area contributed by atoms with Gasteiger partial charge in [0.1, 0.15) is 12.6 Å². The highest BCUT2D eigenvalue weighted by atomic mass is 32.2. The molecule has 0 spiro atoms. The largest absolute Gasteiger partial charge is 0.464 e. The van der Waals surface area contributed by atoms with Gasteiger partial charge in [0.25, 0.3) is 5.56 Å². The number of rotatable bonds is 5. The maximum Gasteiger partial charge on any atom is 0.341 e. The summed E-state index contributed by atoms with van der Waals surface area (Å²) in [5.41, 5.74) is 0.795. The van der Waals surface area contributed by atoms with Gasteiger partial charge in [0.2, 0.25) is 0 Å². The summed E-state index contributed by atoms with van der Waals surface area (Å²) in [5, 5.41) is 0.434. The zero-order valence-electron chi connectivity index (χ0n) is 15.4. The summed E-state index contributed by atoms with van der Waals surface area (Å²) in [4.78, 5) is 37.6. The van der Waals surface area contributed by atoms with Crippen molar-refractivity contribution in [1.29, 1.82) is 0 Å². The number of carbonyl (C=O) groups excluding carboxylic acids is 2. The van der Waals surface area contributed by atoms with Gasteiger partial charge in [0.15, 0.2) is 0 Å². The molecule has 0 fully saturated rings. The van der Waals surface area contributed by atoms with E-state index in [9.17, 15) is 14.4 Å². The summed E-state index contributed by atoms with van der Waals surface area (Å²) >= 11 is 1.31. The zero-order chi connectivity index (χ0) is 19.6. The van der Waals surface area contributed by atoms with Crippen LogP contribution in [0.3, 0.4) is 0 Å². The third-order valence-electron chi connectivity index (χ3n) is 4.30. The van der Waals surface area contributed by atoms with Crippen molar-refractivity contribution in [2.24, 2.45) is 0 Å². The molecular formula is C20H21NO5S. The van der Waals surface area contributed by atoms with Gasteiger partial charge in [-0.25, -0.2) is 9.59 Å². The average molecular weight is 387 g/mol. The third kappa shape index (κ3) is 3.78. The van der Waals surface area contributed by atoms with Crippen LogP contribution in [0.4, 0.5) is 0 Å². The Bertz CT molecular complexity index is 920. The molecule has 2 heterocycles. The molecule has 6 nitrogen and oxygen atoms in total. The summed E-state index contributed by atoms with van der Waals surface area (Å²) in [6, 6.07) is 11.3. The molecule has 0 aliphatic carbocycles. The predicted molar refractivity (Wildman–Crippen MR) is 102 cm³/mol. The molecule has 3 rings (SSSR count). The van der Waals surface area contributed by atoms with Crippen LogP contribution in [0.1, 0.15) is 42.7 Å². The number of hydrogen-bond donors (Lipinski definition) is 0. The van der Waals surface area contributed by atoms with E-state index in [2.05, 4.69) is 0 Å². The van der Waals surface area contributed by atoms with Crippen LogP contribution < -0.4 is 5.56 Å². The second-order valence-electron chi connectivity index (χ2n) is 6.68. The number of pyridine rings is 1. The van der Waals surface area contributed by atoms with Gasteiger partial charge in [0.05, 0.1) is 17.2 Å². The lowest BCUT2D eigenvalue weighted by Crippen LogP contribution is -2.38. The summed E-state index contributed by atoms with van der Waals surface area (Å²) in [6.07, 6.45) is 0. The smallest absolute Gasteiger partial charge is 0.341 e. The van der Waals surface area contributed by atoms with Crippen molar-refractivity contribution in [3.05, 3.63) is 63.9 Å². The molecule has 0 bridgehead atoms. The summed E-state index contributed by atoms with van der Waals surface area (Å²) in [5.74, 6) is -1.01. The van der Waals surface area contributed by atoms with E-state index in [1.165, 1.54) is 28.5 Å². The van der Waals surface area contributed by atoms with Gasteiger partial charge in [-0.1, -0.05) is 42.1 Å². The molecule has 0 saturated carbocycles. The van der Waals surface area contributed by atoms with E-state index in [0.29, 0.717) is 5.03 Å². The van der Waals surface area contributed by atoms with E-state index < -0.39 is 22.7 Å². The van der Waals surface area contributed by atoms with E-state index in [4.69, 9.17) is 9.47 Å². The van der Waals surface area contributed by atoms with E-state index >= 15 is 0 Å². The number of carbonyl (C=O) groups is 2. The molecule has 1 aromatic heterocycles. The van der Waals surface area contributed by atoms with Gasteiger partial charge in [-0.3, -0.25) is 9.36 Å². The molecule has 0 amide bonds. The minimum Gasteiger partial charge on any atom is -0.464 e. The Morgan fingerprint density at radius 3 is 2.48 bits per heavy atom. The molecule has 142 valence electrons. The Labute approximate surface area is 161 Å². The van der Waals surface area contributed by atoms with Crippen molar-refractivity contribution in [3.8, 4) is 0 Å². The van der Waals surface area contributed by atoms with Crippen LogP contribution in [0, 0.1) is 0 Å². The lowest BCUT2D eigenvalue weighted by Gasteiger charge is -2.24. The second kappa shape index (κ2) is 7.60. The van der Waals surface area contributed by atoms with Crippen LogP contribution in [0.5, 0.6) is 0 Å². The van der Waals surface area contributed by atoms with Gasteiger partial charge >= 0.3 is 11.9 Å². The second-order valence-corrected chi connectivity index (χ2v) is 8.33. The van der Waals surface area contributed by atoms with Crippen LogP contribution in [-0.4, -0.2) is 27.9 Å². The Balaban J connectivity index is 1.93. The Hall–Kier alpha value is -2.54. The van der Waals surface area contributed by atoms with Crippen molar-refractivity contribution in [2.75, 3.05) is 6.61 Å². The first-order valence-corrected chi connectivity index (χ1v) is 9.49. The van der Waals surface area contributed by atoms with E-state index in [0.717, 1.165) is 5.56 Å². The van der Waals surface area contributed by atoms with Crippen LogP contribution in [0.25, 0.3) is 0 Å². The van der Waals surface area contributed by atoms with Crippen molar-refractivity contribution < 1.29 is 19.1 Å². The van der Waals surface area contributed by atoms with Gasteiger partial charge < -0.3 is 9.47 Å². The molecule has 1 aliphatic rings. The first-order valence-electron chi connectivity index (χ1n) is 8.67. The molecule has 1 aromatic carbocycles. The summed E-state index contributed by atoms with van der Waals surface area (Å²) in [7, 11) is 0. The number of fused-ring (bicyclic) bond motifs is 1. The fourth-order valence-electron chi connectivity index (χ4n) is 3.07. The first kappa shape index (κ1) is 19.2. The first-order chi connectivity index (χ1) is 12.8. The third-order valence-corrected chi connectivity index (χ3v) is 5.66. The summed E-state index contributed by atoms with van der Waals surface area (Å²) in [6.45, 7) is 5.77. The maximum atomic E-state index is 12.6. The molecular weight excluding hydrogens is 366 g/mol. The van der Waals surface area contributed by atoms with Crippen LogP contribution >= 0.6 is 11.8 Å². The molecule has 0 radical (unpaired) electrons. The van der Waals surface area contributed by atoms with Gasteiger partial charge in [-0.2, -0.15) is 0 Å². The molecule has 1 unspecified atom stereocenters. The van der Waals surface area contributed by atoms with Gasteiger partial charge in [-0.15, -0.1) is 0 Å². The standard InChI is InChI=1S/C20H21NO5S/c1-4-25-19(24)16-20(2,3)27-17-14(10-11-15(22)21(16)17)18(23)26-12-13-8-6-5-7-9-13/h5-11,16H,4,12H2,1-3H3. The molecule has 2 aromatic rings. The molecule has 1 aliphatic heterocycles. The Morgan fingerprint density at radius 1 is 1.11 bits per heavy atom. The quantitative estimate of drug-likeness (QED) is 0.734. The number of ether oxygens (including phenoxy) is 2. The lowest BCUT2D eigenvalue weighted by atomic mass is 10.0. The number of hydrogen-bond acceptors (Lipinski definition) is 6. The van der Waals surface area contributed by atoms with E-state index in [-0.39, 0.29) is 24.3 Å². The highest BCUT2D eigenvalue weighted by Crippen LogP contribution is 2.49. The molecule has 27 heavy (non-hydrogen) atoms. The Morgan fingerprint density at radius 2 is 1.81 bits per heavy atom. The Kier molecular flexibility index (Phi) is 5.41.